The van der Waals surface area contributed by atoms with Crippen LogP contribution in [0.4, 0.5) is 26.2 Å². The maximum atomic E-state index is 15.4. The number of piperazine rings is 1. The molecular formula is C41H50F2N10O3. The Kier molecular flexibility index (Phi) is 10.7. The number of anilines is 3. The summed E-state index contributed by atoms with van der Waals surface area (Å²) in [5.41, 5.74) is 3.04. The number of halogens is 2. The third-order valence-electron chi connectivity index (χ3n) is 12.0. The lowest BCUT2D eigenvalue weighted by Gasteiger charge is -2.43. The molecule has 0 spiro atoms. The van der Waals surface area contributed by atoms with Crippen LogP contribution in [-0.2, 0) is 15.5 Å². The van der Waals surface area contributed by atoms with Crippen LogP contribution in [0.2, 0.25) is 0 Å². The SMILES string of the molecule is CN(C)C(=O)c1cc2cnc(Nc3ccc(N4CCN(C5CCN(CC(F)(F)c6ccc(C7CCC(=O)NC7=O)cc6)CC5)CC4)cn3)nc2n1C1CCCC1. The van der Waals surface area contributed by atoms with Gasteiger partial charge in [-0.2, -0.15) is 13.8 Å². The van der Waals surface area contributed by atoms with Crippen LogP contribution in [0.25, 0.3) is 11.0 Å². The zero-order valence-electron chi connectivity index (χ0n) is 32.1. The number of pyridine rings is 1. The van der Waals surface area contributed by atoms with Gasteiger partial charge >= 0.3 is 0 Å². The molecule has 15 heteroatoms. The Hall–Kier alpha value is -5.02. The molecule has 3 aromatic heterocycles. The van der Waals surface area contributed by atoms with Crippen molar-refractivity contribution in [2.24, 2.45) is 0 Å². The minimum absolute atomic E-state index is 0.0403. The fourth-order valence-electron chi connectivity index (χ4n) is 8.89. The van der Waals surface area contributed by atoms with E-state index in [9.17, 15) is 14.4 Å². The van der Waals surface area contributed by atoms with Crippen LogP contribution in [0, 0.1) is 0 Å². The lowest BCUT2D eigenvalue weighted by Crippen LogP contribution is -2.54. The zero-order chi connectivity index (χ0) is 39.0. The second kappa shape index (κ2) is 15.8. The Labute approximate surface area is 325 Å². The average Bonchev–Trinajstić information content (AvgIpc) is 3.86. The van der Waals surface area contributed by atoms with E-state index < -0.39 is 11.8 Å². The lowest BCUT2D eigenvalue weighted by molar-refractivity contribution is -0.134. The summed E-state index contributed by atoms with van der Waals surface area (Å²) in [5.74, 6) is -3.14. The Bertz CT molecular complexity index is 2050. The van der Waals surface area contributed by atoms with Crippen molar-refractivity contribution in [2.75, 3.05) is 70.1 Å². The molecule has 1 atom stereocenters. The first kappa shape index (κ1) is 37.9. The number of benzene rings is 1. The van der Waals surface area contributed by atoms with E-state index in [1.807, 2.05) is 23.2 Å². The molecule has 0 bridgehead atoms. The number of amides is 3. The third kappa shape index (κ3) is 7.97. The number of piperidine rings is 2. The number of alkyl halides is 2. The summed E-state index contributed by atoms with van der Waals surface area (Å²) in [5, 5.41) is 6.43. The Balaban J connectivity index is 0.817. The Morgan fingerprint density at radius 3 is 2.29 bits per heavy atom. The number of carbonyl (C=O) groups is 3. The van der Waals surface area contributed by atoms with Crippen molar-refractivity contribution in [3.8, 4) is 0 Å². The van der Waals surface area contributed by atoms with E-state index in [4.69, 9.17) is 4.98 Å². The second-order valence-electron chi connectivity index (χ2n) is 15.9. The van der Waals surface area contributed by atoms with Gasteiger partial charge in [0.2, 0.25) is 17.8 Å². The highest BCUT2D eigenvalue weighted by molar-refractivity contribution is 6.01. The number of hydrogen-bond donors (Lipinski definition) is 2. The number of likely N-dealkylation sites (tertiary alicyclic amines) is 1. The van der Waals surface area contributed by atoms with Gasteiger partial charge < -0.3 is 19.7 Å². The van der Waals surface area contributed by atoms with Crippen molar-refractivity contribution >= 4 is 46.2 Å². The molecule has 56 heavy (non-hydrogen) atoms. The minimum Gasteiger partial charge on any atom is -0.368 e. The van der Waals surface area contributed by atoms with E-state index in [2.05, 4.69) is 41.0 Å². The van der Waals surface area contributed by atoms with Gasteiger partial charge in [-0.15, -0.1) is 0 Å². The quantitative estimate of drug-likeness (QED) is 0.206. The molecule has 2 N–H and O–H groups in total. The van der Waals surface area contributed by atoms with Gasteiger partial charge in [-0.05, 0) is 69.0 Å². The molecule has 296 valence electrons. The molecule has 4 fully saturated rings. The van der Waals surface area contributed by atoms with Gasteiger partial charge in [0.25, 0.3) is 11.8 Å². The molecule has 13 nitrogen and oxygen atoms in total. The number of imide groups is 1. The summed E-state index contributed by atoms with van der Waals surface area (Å²) in [7, 11) is 3.54. The van der Waals surface area contributed by atoms with Crippen LogP contribution in [0.15, 0.2) is 54.9 Å². The number of rotatable bonds is 10. The summed E-state index contributed by atoms with van der Waals surface area (Å²) in [6, 6.07) is 12.5. The summed E-state index contributed by atoms with van der Waals surface area (Å²) in [4.78, 5) is 59.1. The van der Waals surface area contributed by atoms with Crippen LogP contribution < -0.4 is 15.5 Å². The van der Waals surface area contributed by atoms with Crippen molar-refractivity contribution in [2.45, 2.75) is 75.3 Å². The molecule has 8 rings (SSSR count). The predicted molar refractivity (Wildman–Crippen MR) is 209 cm³/mol. The van der Waals surface area contributed by atoms with Crippen LogP contribution in [-0.4, -0.2) is 118 Å². The first-order valence-corrected chi connectivity index (χ1v) is 19.9. The maximum Gasteiger partial charge on any atom is 0.285 e. The third-order valence-corrected chi connectivity index (χ3v) is 12.0. The van der Waals surface area contributed by atoms with Gasteiger partial charge in [0.1, 0.15) is 17.2 Å². The first-order chi connectivity index (χ1) is 27.0. The fourth-order valence-corrected chi connectivity index (χ4v) is 8.89. The first-order valence-electron chi connectivity index (χ1n) is 19.9. The minimum atomic E-state index is -3.01. The summed E-state index contributed by atoms with van der Waals surface area (Å²) < 4.78 is 32.9. The monoisotopic (exact) mass is 768 g/mol. The molecule has 3 saturated heterocycles. The van der Waals surface area contributed by atoms with E-state index in [-0.39, 0.29) is 42.3 Å². The highest BCUT2D eigenvalue weighted by Crippen LogP contribution is 2.36. The van der Waals surface area contributed by atoms with Gasteiger partial charge in [0.15, 0.2) is 0 Å². The van der Waals surface area contributed by atoms with E-state index in [1.165, 1.54) is 12.1 Å². The second-order valence-corrected chi connectivity index (χ2v) is 15.9. The molecule has 3 amide bonds. The highest BCUT2D eigenvalue weighted by Gasteiger charge is 2.37. The van der Waals surface area contributed by atoms with Gasteiger partial charge in [0, 0.05) is 75.9 Å². The predicted octanol–water partition coefficient (Wildman–Crippen LogP) is 5.29. The van der Waals surface area contributed by atoms with E-state index in [1.54, 1.807) is 37.3 Å². The van der Waals surface area contributed by atoms with Crippen LogP contribution in [0.3, 0.4) is 0 Å². The Morgan fingerprint density at radius 2 is 1.62 bits per heavy atom. The number of hydrogen-bond acceptors (Lipinski definition) is 10. The molecule has 1 unspecified atom stereocenters. The number of carbonyl (C=O) groups excluding carboxylic acids is 3. The molecule has 4 aromatic rings. The van der Waals surface area contributed by atoms with Crippen molar-refractivity contribution in [3.05, 3.63) is 71.7 Å². The van der Waals surface area contributed by atoms with E-state index >= 15 is 8.78 Å². The number of nitrogens with zero attached hydrogens (tertiary/aromatic N) is 8. The fraction of sp³-hybridized carbons (Fsp3) is 0.512. The molecule has 1 aromatic carbocycles. The lowest BCUT2D eigenvalue weighted by atomic mass is 9.89. The van der Waals surface area contributed by atoms with Crippen molar-refractivity contribution < 1.29 is 23.2 Å². The van der Waals surface area contributed by atoms with Gasteiger partial charge in [0.05, 0.1) is 24.3 Å². The summed E-state index contributed by atoms with van der Waals surface area (Å²) in [6.07, 6.45) is 10.3. The summed E-state index contributed by atoms with van der Waals surface area (Å²) in [6.45, 7) is 4.40. The molecule has 1 saturated carbocycles. The normalized spacial score (nSPS) is 20.8. The molecule has 3 aliphatic heterocycles. The molecular weight excluding hydrogens is 719 g/mol. The molecule has 1 aliphatic carbocycles. The summed E-state index contributed by atoms with van der Waals surface area (Å²) >= 11 is 0. The topological polar surface area (TPSA) is 132 Å². The van der Waals surface area contributed by atoms with E-state index in [0.29, 0.717) is 48.6 Å². The average molecular weight is 769 g/mol. The van der Waals surface area contributed by atoms with Crippen molar-refractivity contribution in [1.82, 2.24) is 39.5 Å². The van der Waals surface area contributed by atoms with Gasteiger partial charge in [-0.1, -0.05) is 37.1 Å². The number of aromatic nitrogens is 4. The largest absolute Gasteiger partial charge is 0.368 e. The van der Waals surface area contributed by atoms with Crippen LogP contribution in [0.5, 0.6) is 0 Å². The van der Waals surface area contributed by atoms with Gasteiger partial charge in [-0.25, -0.2) is 9.97 Å². The van der Waals surface area contributed by atoms with E-state index in [0.717, 1.165) is 81.4 Å². The van der Waals surface area contributed by atoms with Gasteiger partial charge in [-0.3, -0.25) is 29.5 Å². The molecule has 6 heterocycles. The molecule has 0 radical (unpaired) electrons. The number of fused-ring (bicyclic) bond motifs is 1. The van der Waals surface area contributed by atoms with Crippen molar-refractivity contribution in [3.63, 3.8) is 0 Å². The van der Waals surface area contributed by atoms with Crippen LogP contribution >= 0.6 is 0 Å². The number of nitrogens with one attached hydrogen (secondary N) is 2. The maximum absolute atomic E-state index is 15.4. The van der Waals surface area contributed by atoms with Crippen molar-refractivity contribution in [1.29, 1.82) is 0 Å². The highest BCUT2D eigenvalue weighted by atomic mass is 19.3. The smallest absolute Gasteiger partial charge is 0.285 e. The Morgan fingerprint density at radius 1 is 0.893 bits per heavy atom. The standard InChI is InChI=1S/C41H50F2N10O3/c1-49(2)39(56)34-23-28-24-45-40(48-37(28)53(34)31-5-3-4-6-31)46-35-13-11-32(25-44-35)52-21-19-51(20-22-52)30-15-17-50(18-16-30)26-41(42,43)29-9-7-27(8-10-29)33-12-14-36(54)47-38(33)55/h7-11,13,23-25,30-31,33H,3-6,12,14-22,26H2,1-2H3,(H,47,54,55)(H,44,45,46,48). The molecule has 4 aliphatic rings. The zero-order valence-corrected chi connectivity index (χ0v) is 32.1. The van der Waals surface area contributed by atoms with Crippen LogP contribution in [0.1, 0.15) is 84.9 Å².